The van der Waals surface area contributed by atoms with Crippen LogP contribution in [0.25, 0.3) is 11.4 Å². The van der Waals surface area contributed by atoms with Gasteiger partial charge in [-0.15, -0.1) is 22.0 Å². The van der Waals surface area contributed by atoms with Gasteiger partial charge in [0, 0.05) is 22.3 Å². The number of benzene rings is 2. The minimum Gasteiger partial charge on any atom is -0.310 e. The van der Waals surface area contributed by atoms with E-state index < -0.39 is 0 Å². The number of carbonyl (C=O) groups is 1. The van der Waals surface area contributed by atoms with E-state index in [0.29, 0.717) is 23.2 Å². The molecule has 8 heteroatoms. The summed E-state index contributed by atoms with van der Waals surface area (Å²) in [6, 6.07) is 13.8. The second kappa shape index (κ2) is 7.48. The minimum atomic E-state index is -0.326. The Morgan fingerprint density at radius 2 is 2.00 bits per heavy atom. The van der Waals surface area contributed by atoms with E-state index in [4.69, 9.17) is 0 Å². The van der Waals surface area contributed by atoms with E-state index in [0.717, 1.165) is 17.0 Å². The Morgan fingerprint density at radius 3 is 2.81 bits per heavy atom. The van der Waals surface area contributed by atoms with E-state index >= 15 is 0 Å². The molecule has 1 amide bonds. The Labute approximate surface area is 160 Å². The van der Waals surface area contributed by atoms with Gasteiger partial charge in [0.1, 0.15) is 12.4 Å². The molecule has 0 saturated carbocycles. The number of thioether (sulfide) groups is 1. The molecule has 138 valence electrons. The third kappa shape index (κ3) is 3.85. The first-order valence-corrected chi connectivity index (χ1v) is 9.58. The van der Waals surface area contributed by atoms with Crippen LogP contribution in [-0.2, 0) is 11.3 Å². The molecule has 0 fully saturated rings. The molecule has 0 saturated heterocycles. The van der Waals surface area contributed by atoms with Gasteiger partial charge in [-0.25, -0.2) is 4.39 Å². The van der Waals surface area contributed by atoms with E-state index in [1.54, 1.807) is 28.8 Å². The number of anilines is 1. The molecule has 27 heavy (non-hydrogen) atoms. The number of amides is 1. The van der Waals surface area contributed by atoms with Crippen LogP contribution in [0.4, 0.5) is 10.1 Å². The van der Waals surface area contributed by atoms with Crippen molar-refractivity contribution in [3.05, 3.63) is 54.3 Å². The van der Waals surface area contributed by atoms with Gasteiger partial charge in [0.15, 0.2) is 0 Å². The van der Waals surface area contributed by atoms with Crippen molar-refractivity contribution in [3.8, 4) is 11.4 Å². The third-order valence-electron chi connectivity index (χ3n) is 4.38. The molecule has 0 aliphatic carbocycles. The number of hydrogen-bond acceptors (Lipinski definition) is 5. The van der Waals surface area contributed by atoms with Gasteiger partial charge in [-0.05, 0) is 48.0 Å². The Kier molecular flexibility index (Phi) is 4.89. The van der Waals surface area contributed by atoms with Crippen molar-refractivity contribution in [2.24, 2.45) is 0 Å². The quantitative estimate of drug-likeness (QED) is 0.694. The molecular weight excluding hydrogens is 365 g/mol. The van der Waals surface area contributed by atoms with Crippen LogP contribution in [0.2, 0.25) is 0 Å². The number of tetrazole rings is 1. The Bertz CT molecular complexity index is 959. The van der Waals surface area contributed by atoms with Crippen LogP contribution in [0.3, 0.4) is 0 Å². The number of nitrogens with zero attached hydrogens (tertiary/aromatic N) is 5. The monoisotopic (exact) mass is 383 g/mol. The Hall–Kier alpha value is -2.74. The molecule has 1 aromatic heterocycles. The number of carbonyl (C=O) groups excluding carboxylic acids is 1. The minimum absolute atomic E-state index is 0.00156. The summed E-state index contributed by atoms with van der Waals surface area (Å²) >= 11 is 1.79. The molecule has 3 aromatic rings. The molecule has 1 aliphatic heterocycles. The first kappa shape index (κ1) is 17.7. The lowest BCUT2D eigenvalue weighted by Gasteiger charge is -2.22. The summed E-state index contributed by atoms with van der Waals surface area (Å²) in [5, 5.41) is 12.6. The molecule has 1 atom stereocenters. The zero-order chi connectivity index (χ0) is 18.8. The normalized spacial score (nSPS) is 16.7. The highest BCUT2D eigenvalue weighted by atomic mass is 32.2. The molecule has 0 unspecified atom stereocenters. The van der Waals surface area contributed by atoms with E-state index in [2.05, 4.69) is 22.3 Å². The van der Waals surface area contributed by atoms with Gasteiger partial charge in [0.05, 0.1) is 5.69 Å². The summed E-state index contributed by atoms with van der Waals surface area (Å²) < 4.78 is 13.1. The molecule has 2 heterocycles. The van der Waals surface area contributed by atoms with Crippen LogP contribution >= 0.6 is 11.8 Å². The van der Waals surface area contributed by atoms with Gasteiger partial charge in [0.25, 0.3) is 5.91 Å². The number of aromatic nitrogens is 4. The standard InChI is InChI=1S/C19H18FN5OS/c1-13-10-11-24(16-4-2-3-5-17(16)27-13)18(26)12-25-22-19(21-23-25)14-6-8-15(20)9-7-14/h2-9,13H,10-12H2,1H3/t13-/m1/s1. The molecule has 0 spiro atoms. The predicted octanol–water partition coefficient (Wildman–Crippen LogP) is 3.40. The largest absolute Gasteiger partial charge is 0.310 e. The van der Waals surface area contributed by atoms with Gasteiger partial charge >= 0.3 is 0 Å². The van der Waals surface area contributed by atoms with Gasteiger partial charge in [-0.2, -0.15) is 4.80 Å². The van der Waals surface area contributed by atoms with E-state index in [9.17, 15) is 9.18 Å². The highest BCUT2D eigenvalue weighted by Gasteiger charge is 2.24. The molecule has 0 radical (unpaired) electrons. The molecule has 0 N–H and O–H groups in total. The van der Waals surface area contributed by atoms with E-state index in [1.807, 2.05) is 24.3 Å². The molecular formula is C19H18FN5OS. The summed E-state index contributed by atoms with van der Waals surface area (Å²) in [4.78, 5) is 17.1. The smallest absolute Gasteiger partial charge is 0.250 e. The zero-order valence-corrected chi connectivity index (χ0v) is 15.6. The lowest BCUT2D eigenvalue weighted by molar-refractivity contribution is -0.119. The third-order valence-corrected chi connectivity index (χ3v) is 5.61. The number of para-hydroxylation sites is 1. The first-order valence-electron chi connectivity index (χ1n) is 8.70. The van der Waals surface area contributed by atoms with Gasteiger partial charge in [0.2, 0.25) is 5.82 Å². The lowest BCUT2D eigenvalue weighted by atomic mass is 10.2. The van der Waals surface area contributed by atoms with Crippen LogP contribution in [0.15, 0.2) is 53.4 Å². The van der Waals surface area contributed by atoms with Gasteiger partial charge in [-0.1, -0.05) is 19.1 Å². The van der Waals surface area contributed by atoms with Gasteiger partial charge in [-0.3, -0.25) is 4.79 Å². The highest BCUT2D eigenvalue weighted by molar-refractivity contribution is 8.00. The maximum Gasteiger partial charge on any atom is 0.250 e. The topological polar surface area (TPSA) is 63.9 Å². The molecule has 6 nitrogen and oxygen atoms in total. The van der Waals surface area contributed by atoms with Crippen LogP contribution in [0.5, 0.6) is 0 Å². The fraction of sp³-hybridized carbons (Fsp3) is 0.263. The van der Waals surface area contributed by atoms with Crippen molar-refractivity contribution in [2.45, 2.75) is 30.0 Å². The van der Waals surface area contributed by atoms with Crippen molar-refractivity contribution in [1.82, 2.24) is 20.2 Å². The van der Waals surface area contributed by atoms with Crippen LogP contribution in [0, 0.1) is 5.82 Å². The van der Waals surface area contributed by atoms with Crippen molar-refractivity contribution in [3.63, 3.8) is 0 Å². The van der Waals surface area contributed by atoms with Crippen molar-refractivity contribution in [2.75, 3.05) is 11.4 Å². The lowest BCUT2D eigenvalue weighted by Crippen LogP contribution is -2.35. The first-order chi connectivity index (χ1) is 13.1. The van der Waals surface area contributed by atoms with E-state index in [-0.39, 0.29) is 18.3 Å². The number of fused-ring (bicyclic) bond motifs is 1. The second-order valence-corrected chi connectivity index (χ2v) is 7.86. The van der Waals surface area contributed by atoms with Crippen LogP contribution in [0.1, 0.15) is 13.3 Å². The predicted molar refractivity (Wildman–Crippen MR) is 102 cm³/mol. The SMILES string of the molecule is C[C@@H]1CCN(C(=O)Cn2nnc(-c3ccc(F)cc3)n2)c2ccccc2S1. The summed E-state index contributed by atoms with van der Waals surface area (Å²) in [6.07, 6.45) is 0.913. The highest BCUT2D eigenvalue weighted by Crippen LogP contribution is 2.37. The zero-order valence-electron chi connectivity index (χ0n) is 14.7. The van der Waals surface area contributed by atoms with Crippen LogP contribution < -0.4 is 4.90 Å². The molecule has 0 bridgehead atoms. The fourth-order valence-corrected chi connectivity index (χ4v) is 4.09. The van der Waals surface area contributed by atoms with Gasteiger partial charge < -0.3 is 4.90 Å². The summed E-state index contributed by atoms with van der Waals surface area (Å²) in [5.74, 6) is -0.0447. The summed E-state index contributed by atoms with van der Waals surface area (Å²) in [6.45, 7) is 2.83. The fourth-order valence-electron chi connectivity index (χ4n) is 2.98. The van der Waals surface area contributed by atoms with Crippen LogP contribution in [-0.4, -0.2) is 37.9 Å². The number of halogens is 1. The van der Waals surface area contributed by atoms with Crippen molar-refractivity contribution in [1.29, 1.82) is 0 Å². The molecule has 1 aliphatic rings. The molecule has 4 rings (SSSR count). The second-order valence-electron chi connectivity index (χ2n) is 6.38. The molecule has 2 aromatic carbocycles. The number of hydrogen-bond donors (Lipinski definition) is 0. The maximum absolute atomic E-state index is 13.1. The Morgan fingerprint density at radius 1 is 1.22 bits per heavy atom. The Balaban J connectivity index is 1.53. The van der Waals surface area contributed by atoms with E-state index in [1.165, 1.54) is 16.9 Å². The average Bonchev–Trinajstić information content (AvgIpc) is 3.04. The average molecular weight is 383 g/mol. The summed E-state index contributed by atoms with van der Waals surface area (Å²) in [5.41, 5.74) is 1.58. The summed E-state index contributed by atoms with van der Waals surface area (Å²) in [7, 11) is 0. The van der Waals surface area contributed by atoms with Crippen molar-refractivity contribution >= 4 is 23.4 Å². The van der Waals surface area contributed by atoms with Crippen molar-refractivity contribution < 1.29 is 9.18 Å². The maximum atomic E-state index is 13.1. The number of rotatable bonds is 3.